The maximum atomic E-state index is 11.7. The number of furan rings is 1. The maximum absolute atomic E-state index is 11.7. The Morgan fingerprint density at radius 1 is 1.35 bits per heavy atom. The summed E-state index contributed by atoms with van der Waals surface area (Å²) >= 11 is 0. The van der Waals surface area contributed by atoms with E-state index in [4.69, 9.17) is 4.42 Å². The van der Waals surface area contributed by atoms with Crippen LogP contribution in [-0.4, -0.2) is 11.9 Å². The van der Waals surface area contributed by atoms with Crippen molar-refractivity contribution in [2.24, 2.45) is 0 Å². The highest BCUT2D eigenvalue weighted by Crippen LogP contribution is 2.17. The van der Waals surface area contributed by atoms with Crippen LogP contribution in [0, 0.1) is 6.92 Å². The van der Waals surface area contributed by atoms with Crippen molar-refractivity contribution in [3.63, 3.8) is 0 Å². The molecule has 0 aromatic carbocycles. The summed E-state index contributed by atoms with van der Waals surface area (Å²) in [5.41, 5.74) is 0. The average Bonchev–Trinajstić information content (AvgIpc) is 2.74. The molecule has 0 bridgehead atoms. The van der Waals surface area contributed by atoms with Crippen LogP contribution in [0.15, 0.2) is 22.6 Å². The van der Waals surface area contributed by atoms with Gasteiger partial charge in [-0.1, -0.05) is 19.3 Å². The molecule has 3 heteroatoms. The first-order chi connectivity index (χ1) is 8.24. The van der Waals surface area contributed by atoms with E-state index in [1.807, 2.05) is 19.1 Å². The Morgan fingerprint density at radius 3 is 2.76 bits per heavy atom. The van der Waals surface area contributed by atoms with Crippen LogP contribution < -0.4 is 5.32 Å². The first kappa shape index (κ1) is 12.0. The van der Waals surface area contributed by atoms with Gasteiger partial charge in [0.2, 0.25) is 5.91 Å². The lowest BCUT2D eigenvalue weighted by molar-refractivity contribution is -0.117. The van der Waals surface area contributed by atoms with Crippen molar-refractivity contribution in [2.45, 2.75) is 45.1 Å². The number of carbonyl (C=O) groups excluding carboxylic acids is 1. The maximum Gasteiger partial charge on any atom is 0.244 e. The fourth-order valence-corrected chi connectivity index (χ4v) is 2.20. The first-order valence-corrected chi connectivity index (χ1v) is 6.29. The molecule has 3 nitrogen and oxygen atoms in total. The van der Waals surface area contributed by atoms with E-state index in [0.717, 1.165) is 24.4 Å². The average molecular weight is 233 g/mol. The van der Waals surface area contributed by atoms with E-state index in [-0.39, 0.29) is 5.91 Å². The number of hydrogen-bond donors (Lipinski definition) is 1. The second-order valence-corrected chi connectivity index (χ2v) is 4.63. The lowest BCUT2D eigenvalue weighted by Crippen LogP contribution is -2.34. The summed E-state index contributed by atoms with van der Waals surface area (Å²) in [6.45, 7) is 1.89. The molecular formula is C14H19NO2. The predicted molar refractivity (Wildman–Crippen MR) is 67.5 cm³/mol. The smallest absolute Gasteiger partial charge is 0.244 e. The van der Waals surface area contributed by atoms with Crippen LogP contribution in [0.2, 0.25) is 0 Å². The first-order valence-electron chi connectivity index (χ1n) is 6.29. The Labute approximate surface area is 102 Å². The molecule has 92 valence electrons. The lowest BCUT2D eigenvalue weighted by atomic mass is 9.95. The van der Waals surface area contributed by atoms with Crippen LogP contribution in [0.1, 0.15) is 43.6 Å². The topological polar surface area (TPSA) is 42.2 Å². The normalized spacial score (nSPS) is 17.5. The van der Waals surface area contributed by atoms with E-state index in [0.29, 0.717) is 6.04 Å². The molecule has 1 aliphatic rings. The van der Waals surface area contributed by atoms with Crippen LogP contribution in [0.4, 0.5) is 0 Å². The third kappa shape index (κ3) is 3.77. The molecule has 0 atom stereocenters. The molecule has 17 heavy (non-hydrogen) atoms. The van der Waals surface area contributed by atoms with Crippen LogP contribution in [0.25, 0.3) is 6.08 Å². The highest BCUT2D eigenvalue weighted by molar-refractivity contribution is 5.91. The quantitative estimate of drug-likeness (QED) is 0.815. The molecule has 1 amide bonds. The van der Waals surface area contributed by atoms with Gasteiger partial charge in [0.15, 0.2) is 0 Å². The monoisotopic (exact) mass is 233 g/mol. The Balaban J connectivity index is 1.82. The summed E-state index contributed by atoms with van der Waals surface area (Å²) in [6, 6.07) is 4.11. The number of carbonyl (C=O) groups is 1. The second kappa shape index (κ2) is 5.71. The summed E-state index contributed by atoms with van der Waals surface area (Å²) in [5, 5.41) is 3.03. The van der Waals surface area contributed by atoms with E-state index < -0.39 is 0 Å². The number of aryl methyl sites for hydroxylation is 1. The van der Waals surface area contributed by atoms with Gasteiger partial charge in [-0.05, 0) is 38.0 Å². The van der Waals surface area contributed by atoms with Gasteiger partial charge in [-0.3, -0.25) is 4.79 Å². The van der Waals surface area contributed by atoms with Crippen LogP contribution in [0.5, 0.6) is 0 Å². The molecular weight excluding hydrogens is 214 g/mol. The predicted octanol–water partition coefficient (Wildman–Crippen LogP) is 3.05. The molecule has 0 radical (unpaired) electrons. The summed E-state index contributed by atoms with van der Waals surface area (Å²) in [7, 11) is 0. The molecule has 2 rings (SSSR count). The van der Waals surface area contributed by atoms with E-state index in [1.54, 1.807) is 12.2 Å². The zero-order valence-corrected chi connectivity index (χ0v) is 10.2. The Hall–Kier alpha value is -1.51. The molecule has 0 saturated heterocycles. The van der Waals surface area contributed by atoms with Crippen molar-refractivity contribution in [3.8, 4) is 0 Å². The van der Waals surface area contributed by atoms with Gasteiger partial charge in [-0.15, -0.1) is 0 Å². The molecule has 0 aliphatic heterocycles. The minimum absolute atomic E-state index is 0.0223. The SMILES string of the molecule is Cc1ccc(/C=C/C(=O)NC2CCCCC2)o1. The zero-order chi connectivity index (χ0) is 12.1. The number of amides is 1. The van der Waals surface area contributed by atoms with Crippen molar-refractivity contribution in [1.29, 1.82) is 0 Å². The van der Waals surface area contributed by atoms with Gasteiger partial charge in [0.25, 0.3) is 0 Å². The summed E-state index contributed by atoms with van der Waals surface area (Å²) in [6.07, 6.45) is 9.24. The Morgan fingerprint density at radius 2 is 2.12 bits per heavy atom. The molecule has 1 N–H and O–H groups in total. The molecule has 1 heterocycles. The molecule has 0 spiro atoms. The van der Waals surface area contributed by atoms with Gasteiger partial charge in [-0.25, -0.2) is 0 Å². The van der Waals surface area contributed by atoms with Crippen LogP contribution in [0.3, 0.4) is 0 Å². The largest absolute Gasteiger partial charge is 0.462 e. The Kier molecular flexibility index (Phi) is 4.02. The van der Waals surface area contributed by atoms with Gasteiger partial charge < -0.3 is 9.73 Å². The van der Waals surface area contributed by atoms with Gasteiger partial charge >= 0.3 is 0 Å². The molecule has 1 aromatic heterocycles. The summed E-state index contributed by atoms with van der Waals surface area (Å²) < 4.78 is 5.36. The van der Waals surface area contributed by atoms with Crippen LogP contribution >= 0.6 is 0 Å². The van der Waals surface area contributed by atoms with Crippen molar-refractivity contribution < 1.29 is 9.21 Å². The van der Waals surface area contributed by atoms with Crippen molar-refractivity contribution in [2.75, 3.05) is 0 Å². The van der Waals surface area contributed by atoms with E-state index in [1.165, 1.54) is 19.3 Å². The molecule has 1 saturated carbocycles. The third-order valence-electron chi connectivity index (χ3n) is 3.11. The highest BCUT2D eigenvalue weighted by atomic mass is 16.3. The second-order valence-electron chi connectivity index (χ2n) is 4.63. The van der Waals surface area contributed by atoms with E-state index in [9.17, 15) is 4.79 Å². The molecule has 0 unspecified atom stereocenters. The fraction of sp³-hybridized carbons (Fsp3) is 0.500. The van der Waals surface area contributed by atoms with Crippen molar-refractivity contribution in [3.05, 3.63) is 29.7 Å². The van der Waals surface area contributed by atoms with E-state index in [2.05, 4.69) is 5.32 Å². The molecule has 1 aliphatic carbocycles. The van der Waals surface area contributed by atoms with Gasteiger partial charge in [0.1, 0.15) is 11.5 Å². The molecule has 1 aromatic rings. The van der Waals surface area contributed by atoms with E-state index >= 15 is 0 Å². The lowest BCUT2D eigenvalue weighted by Gasteiger charge is -2.21. The number of nitrogens with one attached hydrogen (secondary N) is 1. The van der Waals surface area contributed by atoms with Gasteiger partial charge in [0, 0.05) is 12.1 Å². The zero-order valence-electron chi connectivity index (χ0n) is 10.2. The standard InChI is InChI=1S/C14H19NO2/c1-11-7-8-13(17-11)9-10-14(16)15-12-5-3-2-4-6-12/h7-10,12H,2-6H2,1H3,(H,15,16)/b10-9+. The summed E-state index contributed by atoms with van der Waals surface area (Å²) in [4.78, 5) is 11.7. The van der Waals surface area contributed by atoms with Crippen molar-refractivity contribution in [1.82, 2.24) is 5.32 Å². The van der Waals surface area contributed by atoms with Gasteiger partial charge in [-0.2, -0.15) is 0 Å². The fourth-order valence-electron chi connectivity index (χ4n) is 2.20. The molecule has 1 fully saturated rings. The minimum Gasteiger partial charge on any atom is -0.462 e. The van der Waals surface area contributed by atoms with Gasteiger partial charge in [0.05, 0.1) is 0 Å². The summed E-state index contributed by atoms with van der Waals surface area (Å²) in [5.74, 6) is 1.56. The van der Waals surface area contributed by atoms with Crippen molar-refractivity contribution >= 4 is 12.0 Å². The Bertz CT molecular complexity index is 400. The van der Waals surface area contributed by atoms with Crippen LogP contribution in [-0.2, 0) is 4.79 Å². The number of rotatable bonds is 3. The minimum atomic E-state index is -0.0223. The highest BCUT2D eigenvalue weighted by Gasteiger charge is 2.14. The number of hydrogen-bond acceptors (Lipinski definition) is 2. The third-order valence-corrected chi connectivity index (χ3v) is 3.11.